The molecule has 0 unspecified atom stereocenters. The van der Waals surface area contributed by atoms with Gasteiger partial charge in [-0.25, -0.2) is 4.39 Å². The summed E-state index contributed by atoms with van der Waals surface area (Å²) >= 11 is 0. The standard InChI is InChI=1S/C27H25FN2O3/c1-27(2)16-18-11-12-20(33-3)14-22(18)24(30-27)15-25(31)17-7-6-8-19(13-17)29-26(32)21-9-4-5-10-23(21)28/h4-15,30H,16H2,1-3H3,(H,29,32). The van der Waals surface area contributed by atoms with Gasteiger partial charge in [-0.3, -0.25) is 9.59 Å². The van der Waals surface area contributed by atoms with E-state index in [1.54, 1.807) is 43.5 Å². The number of fused-ring (bicyclic) bond motifs is 1. The molecule has 0 spiro atoms. The summed E-state index contributed by atoms with van der Waals surface area (Å²) in [5.41, 5.74) is 3.30. The third kappa shape index (κ3) is 4.95. The van der Waals surface area contributed by atoms with Crippen LogP contribution >= 0.6 is 0 Å². The summed E-state index contributed by atoms with van der Waals surface area (Å²) < 4.78 is 19.3. The Kier molecular flexibility index (Phi) is 6.01. The van der Waals surface area contributed by atoms with Crippen molar-refractivity contribution in [1.82, 2.24) is 5.32 Å². The highest BCUT2D eigenvalue weighted by atomic mass is 19.1. The number of anilines is 1. The average molecular weight is 445 g/mol. The van der Waals surface area contributed by atoms with Crippen LogP contribution in [0.1, 0.15) is 45.7 Å². The van der Waals surface area contributed by atoms with E-state index >= 15 is 0 Å². The molecular formula is C27H25FN2O3. The van der Waals surface area contributed by atoms with Crippen molar-refractivity contribution in [3.63, 3.8) is 0 Å². The maximum absolute atomic E-state index is 13.9. The number of hydrogen-bond donors (Lipinski definition) is 2. The molecular weight excluding hydrogens is 419 g/mol. The van der Waals surface area contributed by atoms with Crippen LogP contribution in [0.2, 0.25) is 0 Å². The van der Waals surface area contributed by atoms with Gasteiger partial charge in [-0.2, -0.15) is 0 Å². The topological polar surface area (TPSA) is 67.4 Å². The van der Waals surface area contributed by atoms with Gasteiger partial charge in [-0.15, -0.1) is 0 Å². The largest absolute Gasteiger partial charge is 0.497 e. The van der Waals surface area contributed by atoms with Crippen molar-refractivity contribution >= 4 is 23.1 Å². The van der Waals surface area contributed by atoms with Crippen molar-refractivity contribution in [2.75, 3.05) is 12.4 Å². The van der Waals surface area contributed by atoms with Crippen molar-refractivity contribution in [1.29, 1.82) is 0 Å². The molecule has 0 atom stereocenters. The molecule has 0 saturated carbocycles. The van der Waals surface area contributed by atoms with Gasteiger partial charge < -0.3 is 15.4 Å². The fraction of sp³-hybridized carbons (Fsp3) is 0.185. The van der Waals surface area contributed by atoms with E-state index in [1.807, 2.05) is 18.2 Å². The number of carbonyl (C=O) groups is 2. The number of allylic oxidation sites excluding steroid dienone is 1. The molecule has 3 aromatic carbocycles. The number of halogens is 1. The van der Waals surface area contributed by atoms with Crippen molar-refractivity contribution < 1.29 is 18.7 Å². The van der Waals surface area contributed by atoms with Gasteiger partial charge in [0, 0.05) is 34.1 Å². The minimum absolute atomic E-state index is 0.0597. The van der Waals surface area contributed by atoms with Gasteiger partial charge in [-0.05, 0) is 62.2 Å². The van der Waals surface area contributed by atoms with E-state index in [9.17, 15) is 14.0 Å². The van der Waals surface area contributed by atoms with E-state index in [-0.39, 0.29) is 16.9 Å². The second-order valence-corrected chi connectivity index (χ2v) is 8.65. The van der Waals surface area contributed by atoms with Crippen LogP contribution in [0.5, 0.6) is 5.75 Å². The van der Waals surface area contributed by atoms with Gasteiger partial charge in [0.1, 0.15) is 11.6 Å². The Hall–Kier alpha value is -3.93. The molecule has 3 aromatic rings. The molecule has 1 aliphatic heterocycles. The summed E-state index contributed by atoms with van der Waals surface area (Å²) in [6.45, 7) is 4.16. The lowest BCUT2D eigenvalue weighted by atomic mass is 9.85. The third-order valence-corrected chi connectivity index (χ3v) is 5.51. The van der Waals surface area contributed by atoms with Crippen LogP contribution in [0.3, 0.4) is 0 Å². The smallest absolute Gasteiger partial charge is 0.258 e. The zero-order chi connectivity index (χ0) is 23.6. The minimum Gasteiger partial charge on any atom is -0.497 e. The van der Waals surface area contributed by atoms with Gasteiger partial charge in [0.25, 0.3) is 5.91 Å². The number of hydrogen-bond acceptors (Lipinski definition) is 4. The second-order valence-electron chi connectivity index (χ2n) is 8.65. The average Bonchev–Trinajstić information content (AvgIpc) is 2.78. The van der Waals surface area contributed by atoms with Crippen LogP contribution in [0, 0.1) is 5.82 Å². The van der Waals surface area contributed by atoms with Crippen molar-refractivity contribution in [3.05, 3.63) is 101 Å². The number of nitrogens with one attached hydrogen (secondary N) is 2. The molecule has 6 heteroatoms. The molecule has 4 rings (SSSR count). The van der Waals surface area contributed by atoms with E-state index in [2.05, 4.69) is 24.5 Å². The van der Waals surface area contributed by atoms with Crippen LogP contribution < -0.4 is 15.4 Å². The first-order valence-corrected chi connectivity index (χ1v) is 10.6. The Bertz CT molecular complexity index is 1260. The minimum atomic E-state index is -0.605. The lowest BCUT2D eigenvalue weighted by molar-refractivity contribution is 0.101. The number of benzene rings is 3. The number of rotatable bonds is 5. The quantitative estimate of drug-likeness (QED) is 0.418. The van der Waals surface area contributed by atoms with Crippen molar-refractivity contribution in [3.8, 4) is 5.75 Å². The number of ether oxygens (including phenoxy) is 1. The Morgan fingerprint density at radius 2 is 1.85 bits per heavy atom. The molecule has 0 bridgehead atoms. The van der Waals surface area contributed by atoms with Crippen LogP contribution in [0.15, 0.2) is 72.8 Å². The van der Waals surface area contributed by atoms with Crippen LogP contribution in [0.25, 0.3) is 5.70 Å². The molecule has 5 nitrogen and oxygen atoms in total. The van der Waals surface area contributed by atoms with E-state index in [4.69, 9.17) is 4.74 Å². The van der Waals surface area contributed by atoms with Gasteiger partial charge in [-0.1, -0.05) is 30.3 Å². The molecule has 0 aromatic heterocycles. The van der Waals surface area contributed by atoms with E-state index in [0.717, 1.165) is 17.5 Å². The van der Waals surface area contributed by atoms with Crippen molar-refractivity contribution in [2.24, 2.45) is 0 Å². The molecule has 1 aliphatic rings. The fourth-order valence-electron chi connectivity index (χ4n) is 3.96. The molecule has 0 fully saturated rings. The molecule has 0 radical (unpaired) electrons. The number of ketones is 1. The van der Waals surface area contributed by atoms with Crippen LogP contribution in [-0.2, 0) is 6.42 Å². The summed E-state index contributed by atoms with van der Waals surface area (Å²) in [4.78, 5) is 25.6. The summed E-state index contributed by atoms with van der Waals surface area (Å²) in [7, 11) is 1.61. The van der Waals surface area contributed by atoms with Gasteiger partial charge in [0.05, 0.1) is 12.7 Å². The summed E-state index contributed by atoms with van der Waals surface area (Å²) in [6.07, 6.45) is 2.38. The molecule has 0 aliphatic carbocycles. The predicted molar refractivity (Wildman–Crippen MR) is 127 cm³/mol. The Labute approximate surface area is 192 Å². The molecule has 0 saturated heterocycles. The fourth-order valence-corrected chi connectivity index (χ4v) is 3.96. The van der Waals surface area contributed by atoms with Gasteiger partial charge in [0.2, 0.25) is 0 Å². The first-order chi connectivity index (χ1) is 15.8. The van der Waals surface area contributed by atoms with E-state index in [0.29, 0.717) is 22.7 Å². The highest BCUT2D eigenvalue weighted by Gasteiger charge is 2.28. The monoisotopic (exact) mass is 444 g/mol. The summed E-state index contributed by atoms with van der Waals surface area (Å²) in [5.74, 6) is -0.683. The number of amides is 1. The molecule has 1 heterocycles. The summed E-state index contributed by atoms with van der Waals surface area (Å²) in [6, 6.07) is 18.2. The van der Waals surface area contributed by atoms with Gasteiger partial charge in [0.15, 0.2) is 5.78 Å². The normalized spacial score (nSPS) is 15.3. The van der Waals surface area contributed by atoms with E-state index in [1.165, 1.54) is 18.2 Å². The maximum atomic E-state index is 13.9. The number of methoxy groups -OCH3 is 1. The molecule has 33 heavy (non-hydrogen) atoms. The lowest BCUT2D eigenvalue weighted by Crippen LogP contribution is -2.43. The lowest BCUT2D eigenvalue weighted by Gasteiger charge is -2.35. The predicted octanol–water partition coefficient (Wildman–Crippen LogP) is 5.23. The van der Waals surface area contributed by atoms with Crippen LogP contribution in [0.4, 0.5) is 10.1 Å². The van der Waals surface area contributed by atoms with Crippen molar-refractivity contribution in [2.45, 2.75) is 25.8 Å². The Morgan fingerprint density at radius 3 is 2.61 bits per heavy atom. The third-order valence-electron chi connectivity index (χ3n) is 5.51. The highest BCUT2D eigenvalue weighted by molar-refractivity contribution is 6.10. The molecule has 2 N–H and O–H groups in total. The number of carbonyl (C=O) groups excluding carboxylic acids is 2. The van der Waals surface area contributed by atoms with E-state index < -0.39 is 11.7 Å². The van der Waals surface area contributed by atoms with Crippen LogP contribution in [-0.4, -0.2) is 24.3 Å². The second kappa shape index (κ2) is 8.90. The molecule has 1 amide bonds. The maximum Gasteiger partial charge on any atom is 0.258 e. The zero-order valence-electron chi connectivity index (χ0n) is 18.7. The Balaban J connectivity index is 1.62. The SMILES string of the molecule is COc1ccc2c(c1)C(=CC(=O)c1cccc(NC(=O)c3ccccc3F)c1)NC(C)(C)C2. The first kappa shape index (κ1) is 22.3. The summed E-state index contributed by atoms with van der Waals surface area (Å²) in [5, 5.41) is 6.11. The highest BCUT2D eigenvalue weighted by Crippen LogP contribution is 2.32. The first-order valence-electron chi connectivity index (χ1n) is 10.6. The van der Waals surface area contributed by atoms with Gasteiger partial charge >= 0.3 is 0 Å². The Morgan fingerprint density at radius 1 is 1.06 bits per heavy atom. The molecule has 168 valence electrons. The zero-order valence-corrected chi connectivity index (χ0v) is 18.7.